The van der Waals surface area contributed by atoms with E-state index in [-0.39, 0.29) is 0 Å². The lowest BCUT2D eigenvalue weighted by atomic mass is 9.87. The second-order valence-electron chi connectivity index (χ2n) is 7.56. The summed E-state index contributed by atoms with van der Waals surface area (Å²) in [6.45, 7) is 9.95. The molecule has 3 rings (SSSR count). The molecule has 2 aliphatic carbocycles. The number of nitrogens with one attached hydrogen (secondary N) is 1. The van der Waals surface area contributed by atoms with Crippen molar-refractivity contribution < 1.29 is 0 Å². The monoisotopic (exact) mass is 276 g/mol. The minimum Gasteiger partial charge on any atom is -0.314 e. The van der Waals surface area contributed by atoms with Crippen molar-refractivity contribution in [3.8, 4) is 0 Å². The number of likely N-dealkylation sites (tertiary alicyclic amines) is 1. The second-order valence-corrected chi connectivity index (χ2v) is 7.56. The van der Waals surface area contributed by atoms with Gasteiger partial charge in [0.05, 0.1) is 0 Å². The number of allylic oxidation sites excluding steroid dienone is 2. The Labute approximate surface area is 125 Å². The third-order valence-electron chi connectivity index (χ3n) is 5.97. The van der Waals surface area contributed by atoms with Crippen LogP contribution in [0.25, 0.3) is 0 Å². The standard InChI is InChI=1S/C18H32N2/c1-14-6-10-20(11-7-14)9-3-8-19-15(2)18-13-16-4-5-17(18)12-16/h4-5,14-19H,3,6-13H2,1-2H3. The average molecular weight is 276 g/mol. The lowest BCUT2D eigenvalue weighted by Gasteiger charge is -2.30. The largest absolute Gasteiger partial charge is 0.314 e. The molecule has 2 bridgehead atoms. The molecule has 1 saturated heterocycles. The van der Waals surface area contributed by atoms with Crippen LogP contribution in [0.2, 0.25) is 0 Å². The van der Waals surface area contributed by atoms with Crippen LogP contribution in [0.4, 0.5) is 0 Å². The maximum absolute atomic E-state index is 3.80. The number of nitrogens with zero attached hydrogens (tertiary/aromatic N) is 1. The van der Waals surface area contributed by atoms with Crippen LogP contribution in [0.1, 0.15) is 46.0 Å². The molecular weight excluding hydrogens is 244 g/mol. The van der Waals surface area contributed by atoms with Gasteiger partial charge in [0.25, 0.3) is 0 Å². The lowest BCUT2D eigenvalue weighted by Crippen LogP contribution is -2.38. The fourth-order valence-electron chi connectivity index (χ4n) is 4.47. The van der Waals surface area contributed by atoms with Gasteiger partial charge in [-0.2, -0.15) is 0 Å². The van der Waals surface area contributed by atoms with Crippen LogP contribution in [0.5, 0.6) is 0 Å². The first-order valence-electron chi connectivity index (χ1n) is 8.86. The maximum Gasteiger partial charge on any atom is 0.00728 e. The summed E-state index contributed by atoms with van der Waals surface area (Å²) >= 11 is 0. The molecule has 0 amide bonds. The maximum atomic E-state index is 3.80. The summed E-state index contributed by atoms with van der Waals surface area (Å²) in [5, 5.41) is 3.80. The van der Waals surface area contributed by atoms with E-state index in [0.29, 0.717) is 6.04 Å². The van der Waals surface area contributed by atoms with E-state index in [1.807, 2.05) is 0 Å². The van der Waals surface area contributed by atoms with E-state index in [2.05, 4.69) is 36.2 Å². The molecule has 1 saturated carbocycles. The molecule has 2 heteroatoms. The van der Waals surface area contributed by atoms with Gasteiger partial charge in [0.1, 0.15) is 0 Å². The van der Waals surface area contributed by atoms with Crippen LogP contribution < -0.4 is 5.32 Å². The zero-order valence-corrected chi connectivity index (χ0v) is 13.4. The molecule has 0 aromatic carbocycles. The normalized spacial score (nSPS) is 35.8. The number of hydrogen-bond acceptors (Lipinski definition) is 2. The van der Waals surface area contributed by atoms with E-state index in [4.69, 9.17) is 0 Å². The Kier molecular flexibility index (Phi) is 4.83. The van der Waals surface area contributed by atoms with E-state index >= 15 is 0 Å². The quantitative estimate of drug-likeness (QED) is 0.591. The minimum atomic E-state index is 0.705. The van der Waals surface area contributed by atoms with Crippen molar-refractivity contribution in [1.82, 2.24) is 10.2 Å². The van der Waals surface area contributed by atoms with Crippen LogP contribution in [0.15, 0.2) is 12.2 Å². The first-order valence-corrected chi connectivity index (χ1v) is 8.86. The molecule has 4 atom stereocenters. The van der Waals surface area contributed by atoms with Crippen LogP contribution in [-0.4, -0.2) is 37.1 Å². The third-order valence-corrected chi connectivity index (χ3v) is 5.97. The van der Waals surface area contributed by atoms with Gasteiger partial charge in [-0.1, -0.05) is 19.1 Å². The highest BCUT2D eigenvalue weighted by molar-refractivity contribution is 5.11. The van der Waals surface area contributed by atoms with Crippen molar-refractivity contribution in [2.75, 3.05) is 26.2 Å². The summed E-state index contributed by atoms with van der Waals surface area (Å²) in [5.41, 5.74) is 0. The molecule has 1 N–H and O–H groups in total. The van der Waals surface area contributed by atoms with Crippen LogP contribution in [0.3, 0.4) is 0 Å². The zero-order valence-electron chi connectivity index (χ0n) is 13.4. The van der Waals surface area contributed by atoms with Crippen molar-refractivity contribution in [2.45, 2.75) is 52.0 Å². The van der Waals surface area contributed by atoms with Gasteiger partial charge in [-0.25, -0.2) is 0 Å². The van der Waals surface area contributed by atoms with Gasteiger partial charge in [-0.05, 0) is 88.9 Å². The number of fused-ring (bicyclic) bond motifs is 2. The average Bonchev–Trinajstić information content (AvgIpc) is 3.08. The van der Waals surface area contributed by atoms with E-state index in [0.717, 1.165) is 23.7 Å². The number of rotatable bonds is 6. The van der Waals surface area contributed by atoms with Crippen LogP contribution in [-0.2, 0) is 0 Å². The Balaban J connectivity index is 1.29. The van der Waals surface area contributed by atoms with Crippen molar-refractivity contribution in [3.05, 3.63) is 12.2 Å². The van der Waals surface area contributed by atoms with Gasteiger partial charge in [-0.3, -0.25) is 0 Å². The highest BCUT2D eigenvalue weighted by atomic mass is 15.1. The Hall–Kier alpha value is -0.340. The summed E-state index contributed by atoms with van der Waals surface area (Å²) in [7, 11) is 0. The van der Waals surface area contributed by atoms with Gasteiger partial charge in [-0.15, -0.1) is 0 Å². The van der Waals surface area contributed by atoms with Crippen molar-refractivity contribution in [2.24, 2.45) is 23.7 Å². The van der Waals surface area contributed by atoms with Gasteiger partial charge in [0, 0.05) is 6.04 Å². The van der Waals surface area contributed by atoms with E-state index in [1.165, 1.54) is 58.3 Å². The minimum absolute atomic E-state index is 0.705. The summed E-state index contributed by atoms with van der Waals surface area (Å²) < 4.78 is 0. The fraction of sp³-hybridized carbons (Fsp3) is 0.889. The zero-order chi connectivity index (χ0) is 13.9. The molecule has 0 aromatic rings. The molecule has 0 radical (unpaired) electrons. The number of piperidine rings is 1. The Bertz CT molecular complexity index is 330. The highest BCUT2D eigenvalue weighted by Crippen LogP contribution is 2.44. The smallest absolute Gasteiger partial charge is 0.00728 e. The van der Waals surface area contributed by atoms with Crippen molar-refractivity contribution in [1.29, 1.82) is 0 Å². The summed E-state index contributed by atoms with van der Waals surface area (Å²) in [6, 6.07) is 0.705. The van der Waals surface area contributed by atoms with Crippen LogP contribution >= 0.6 is 0 Å². The Morgan fingerprint density at radius 1 is 1.20 bits per heavy atom. The highest BCUT2D eigenvalue weighted by Gasteiger charge is 2.38. The van der Waals surface area contributed by atoms with E-state index < -0.39 is 0 Å². The third kappa shape index (κ3) is 3.46. The topological polar surface area (TPSA) is 15.3 Å². The molecule has 2 nitrogen and oxygen atoms in total. The van der Waals surface area contributed by atoms with Gasteiger partial charge < -0.3 is 10.2 Å². The predicted octanol–water partition coefficient (Wildman–Crippen LogP) is 3.30. The Morgan fingerprint density at radius 2 is 2.00 bits per heavy atom. The molecule has 114 valence electrons. The first kappa shape index (κ1) is 14.6. The molecular formula is C18H32N2. The molecule has 4 unspecified atom stereocenters. The molecule has 1 heterocycles. The molecule has 20 heavy (non-hydrogen) atoms. The number of hydrogen-bond donors (Lipinski definition) is 1. The predicted molar refractivity (Wildman–Crippen MR) is 85.8 cm³/mol. The lowest BCUT2D eigenvalue weighted by molar-refractivity contribution is 0.188. The van der Waals surface area contributed by atoms with Gasteiger partial charge in [0.2, 0.25) is 0 Å². The molecule has 1 aliphatic heterocycles. The summed E-state index contributed by atoms with van der Waals surface area (Å²) in [6.07, 6.45) is 11.9. The van der Waals surface area contributed by atoms with Crippen molar-refractivity contribution >= 4 is 0 Å². The van der Waals surface area contributed by atoms with E-state index in [9.17, 15) is 0 Å². The van der Waals surface area contributed by atoms with Crippen LogP contribution in [0, 0.1) is 23.7 Å². The molecule has 0 spiro atoms. The molecule has 0 aromatic heterocycles. The van der Waals surface area contributed by atoms with E-state index in [1.54, 1.807) is 0 Å². The molecule has 3 aliphatic rings. The summed E-state index contributed by atoms with van der Waals surface area (Å²) in [4.78, 5) is 2.66. The SMILES string of the molecule is CC1CCN(CCCNC(C)C2CC3C=CC2C3)CC1. The van der Waals surface area contributed by atoms with Crippen molar-refractivity contribution in [3.63, 3.8) is 0 Å². The fourth-order valence-corrected chi connectivity index (χ4v) is 4.47. The summed E-state index contributed by atoms with van der Waals surface area (Å²) in [5.74, 6) is 3.65. The van der Waals surface area contributed by atoms with Gasteiger partial charge in [0.15, 0.2) is 0 Å². The second kappa shape index (κ2) is 6.62. The Morgan fingerprint density at radius 3 is 2.65 bits per heavy atom. The van der Waals surface area contributed by atoms with Gasteiger partial charge >= 0.3 is 0 Å². The molecule has 2 fully saturated rings. The first-order chi connectivity index (χ1) is 9.72.